The molecule has 0 radical (unpaired) electrons. The molecule has 0 saturated heterocycles. The third-order valence-electron chi connectivity index (χ3n) is 5.31. The van der Waals surface area contributed by atoms with Crippen LogP contribution >= 0.6 is 33.9 Å². The van der Waals surface area contributed by atoms with Gasteiger partial charge >= 0.3 is 0 Å². The van der Waals surface area contributed by atoms with Crippen LogP contribution in [0.25, 0.3) is 27.0 Å². The highest BCUT2D eigenvalue weighted by Crippen LogP contribution is 2.33. The number of hydrogen-bond acceptors (Lipinski definition) is 6. The van der Waals surface area contributed by atoms with Gasteiger partial charge in [0.1, 0.15) is 26.5 Å². The fraction of sp³-hybridized carbons (Fsp3) is 0.143. The Balaban J connectivity index is 1.84. The van der Waals surface area contributed by atoms with E-state index in [0.29, 0.717) is 31.7 Å². The number of benzene rings is 1. The zero-order valence-electron chi connectivity index (χ0n) is 16.5. The number of fused-ring (bicyclic) bond motifs is 2. The van der Waals surface area contributed by atoms with Gasteiger partial charge in [-0.05, 0) is 65.8 Å². The predicted octanol–water partition coefficient (Wildman–Crippen LogP) is 4.41. The molecule has 4 aromatic heterocycles. The maximum atomic E-state index is 14.1. The lowest BCUT2D eigenvalue weighted by Gasteiger charge is -2.18. The number of nitrogens with two attached hydrogens (primary N) is 1. The molecule has 2 N–H and O–H groups in total. The molecule has 0 saturated carbocycles. The molecule has 0 aliphatic heterocycles. The van der Waals surface area contributed by atoms with Gasteiger partial charge in [0.05, 0.1) is 17.0 Å². The van der Waals surface area contributed by atoms with E-state index in [1.54, 1.807) is 21.2 Å². The second-order valence-corrected chi connectivity index (χ2v) is 9.12. The van der Waals surface area contributed by atoms with Gasteiger partial charge in [-0.1, -0.05) is 12.1 Å². The maximum absolute atomic E-state index is 14.1. The molecule has 0 fully saturated rings. The molecule has 1 aromatic carbocycles. The number of nitrogen functional groups attached to an aromatic ring is 1. The first-order valence-electron chi connectivity index (χ1n) is 9.40. The van der Waals surface area contributed by atoms with Crippen molar-refractivity contribution in [3.05, 3.63) is 73.2 Å². The van der Waals surface area contributed by atoms with Crippen LogP contribution in [0.1, 0.15) is 24.2 Å². The first kappa shape index (κ1) is 20.1. The number of pyridine rings is 1. The third kappa shape index (κ3) is 3.12. The Kier molecular flexibility index (Phi) is 4.77. The number of anilines is 1. The largest absolute Gasteiger partial charge is 0.383 e. The van der Waals surface area contributed by atoms with E-state index >= 15 is 0 Å². The summed E-state index contributed by atoms with van der Waals surface area (Å²) in [5.41, 5.74) is 8.96. The van der Waals surface area contributed by atoms with Gasteiger partial charge in [0.2, 0.25) is 0 Å². The van der Waals surface area contributed by atoms with Gasteiger partial charge in [0.15, 0.2) is 5.65 Å². The zero-order chi connectivity index (χ0) is 21.9. The number of aryl methyl sites for hydroxylation is 1. The average molecular weight is 546 g/mol. The highest BCUT2D eigenvalue weighted by Gasteiger charge is 2.24. The van der Waals surface area contributed by atoms with Crippen LogP contribution in [0.4, 0.5) is 10.2 Å². The van der Waals surface area contributed by atoms with Gasteiger partial charge in [0, 0.05) is 11.1 Å². The van der Waals surface area contributed by atoms with Crippen molar-refractivity contribution in [1.82, 2.24) is 24.1 Å². The number of rotatable bonds is 3. The lowest BCUT2D eigenvalue weighted by atomic mass is 9.97. The third-order valence-corrected chi connectivity index (χ3v) is 7.07. The van der Waals surface area contributed by atoms with Crippen LogP contribution in [-0.2, 0) is 0 Å². The fourth-order valence-electron chi connectivity index (χ4n) is 3.84. The number of thiazole rings is 1. The molecule has 10 heteroatoms. The van der Waals surface area contributed by atoms with Crippen molar-refractivity contribution in [3.63, 3.8) is 0 Å². The lowest BCUT2D eigenvalue weighted by Crippen LogP contribution is -2.21. The maximum Gasteiger partial charge on any atom is 0.264 e. The van der Waals surface area contributed by atoms with Gasteiger partial charge in [-0.25, -0.2) is 19.0 Å². The molecule has 5 rings (SSSR count). The molecule has 0 spiro atoms. The first-order valence-corrected chi connectivity index (χ1v) is 11.4. The topological polar surface area (TPSA) is 91.1 Å². The Morgan fingerprint density at radius 1 is 1.26 bits per heavy atom. The van der Waals surface area contributed by atoms with Crippen LogP contribution in [0.5, 0.6) is 0 Å². The van der Waals surface area contributed by atoms with E-state index in [9.17, 15) is 9.18 Å². The predicted molar refractivity (Wildman–Crippen MR) is 128 cm³/mol. The second kappa shape index (κ2) is 7.38. The molecule has 0 aliphatic carbocycles. The molecule has 0 bridgehead atoms. The van der Waals surface area contributed by atoms with Gasteiger partial charge in [-0.15, -0.1) is 11.3 Å². The highest BCUT2D eigenvalue weighted by molar-refractivity contribution is 14.1. The average Bonchev–Trinajstić information content (AvgIpc) is 3.28. The summed E-state index contributed by atoms with van der Waals surface area (Å²) in [5.74, 6) is -0.0511. The van der Waals surface area contributed by atoms with E-state index in [0.717, 1.165) is 16.1 Å². The molecule has 0 amide bonds. The van der Waals surface area contributed by atoms with E-state index < -0.39 is 5.82 Å². The Morgan fingerprint density at radius 2 is 2.06 bits per heavy atom. The summed E-state index contributed by atoms with van der Waals surface area (Å²) in [6, 6.07) is 7.70. The molecule has 156 valence electrons. The molecule has 0 aliphatic rings. The number of hydrogen-bond donors (Lipinski definition) is 1. The molecular weight excluding hydrogens is 530 g/mol. The van der Waals surface area contributed by atoms with Crippen LogP contribution in [0, 0.1) is 16.4 Å². The van der Waals surface area contributed by atoms with Crippen molar-refractivity contribution in [2.45, 2.75) is 19.9 Å². The van der Waals surface area contributed by atoms with E-state index in [4.69, 9.17) is 5.73 Å². The van der Waals surface area contributed by atoms with Crippen molar-refractivity contribution in [3.8, 4) is 11.1 Å². The summed E-state index contributed by atoms with van der Waals surface area (Å²) in [7, 11) is 0. The lowest BCUT2D eigenvalue weighted by molar-refractivity contribution is 0.575. The second-order valence-electron chi connectivity index (χ2n) is 7.21. The summed E-state index contributed by atoms with van der Waals surface area (Å²) in [4.78, 5) is 22.8. The van der Waals surface area contributed by atoms with Crippen LogP contribution in [-0.4, -0.2) is 24.1 Å². The van der Waals surface area contributed by atoms with Gasteiger partial charge in [-0.2, -0.15) is 5.10 Å². The summed E-state index contributed by atoms with van der Waals surface area (Å²) >= 11 is 3.59. The Bertz CT molecular complexity index is 1540. The minimum absolute atomic E-state index is 0.191. The van der Waals surface area contributed by atoms with E-state index in [2.05, 4.69) is 37.7 Å². The number of nitrogens with zero attached hydrogens (tertiary/aromatic N) is 5. The molecule has 1 unspecified atom stereocenters. The molecule has 4 heterocycles. The monoisotopic (exact) mass is 546 g/mol. The molecule has 1 atom stereocenters. The van der Waals surface area contributed by atoms with Gasteiger partial charge in [0.25, 0.3) is 5.56 Å². The molecular formula is C21H16FIN6OS. The minimum Gasteiger partial charge on any atom is -0.383 e. The van der Waals surface area contributed by atoms with Crippen LogP contribution in [0.3, 0.4) is 0 Å². The molecule has 7 nitrogen and oxygen atoms in total. The minimum atomic E-state index is -0.401. The highest BCUT2D eigenvalue weighted by atomic mass is 127. The number of halogens is 2. The summed E-state index contributed by atoms with van der Waals surface area (Å²) in [5, 5.41) is 7.24. The fourth-order valence-corrected chi connectivity index (χ4v) is 5.52. The normalized spacial score (nSPS) is 12.6. The SMILES string of the molecule is Cc1csc2cc(C(C)n3nc(I)c4c(N)ncnc43)c(-c3cccc(F)c3)c(=O)n12. The van der Waals surface area contributed by atoms with Crippen molar-refractivity contribution >= 4 is 55.6 Å². The van der Waals surface area contributed by atoms with Crippen LogP contribution < -0.4 is 11.3 Å². The molecule has 5 aromatic rings. The Morgan fingerprint density at radius 3 is 2.84 bits per heavy atom. The summed E-state index contributed by atoms with van der Waals surface area (Å²) in [6.07, 6.45) is 1.40. The van der Waals surface area contributed by atoms with Gasteiger partial charge < -0.3 is 5.73 Å². The van der Waals surface area contributed by atoms with Crippen molar-refractivity contribution in [2.24, 2.45) is 0 Å². The van der Waals surface area contributed by atoms with E-state index in [1.807, 2.05) is 25.3 Å². The van der Waals surface area contributed by atoms with E-state index in [-0.39, 0.29) is 11.6 Å². The quantitative estimate of drug-likeness (QED) is 0.339. The van der Waals surface area contributed by atoms with Crippen molar-refractivity contribution < 1.29 is 4.39 Å². The van der Waals surface area contributed by atoms with Crippen LogP contribution in [0.2, 0.25) is 0 Å². The summed E-state index contributed by atoms with van der Waals surface area (Å²) in [6.45, 7) is 3.82. The summed E-state index contributed by atoms with van der Waals surface area (Å²) < 4.78 is 18.1. The number of aromatic nitrogens is 5. The zero-order valence-corrected chi connectivity index (χ0v) is 19.5. The van der Waals surface area contributed by atoms with Crippen molar-refractivity contribution in [2.75, 3.05) is 5.73 Å². The van der Waals surface area contributed by atoms with Gasteiger partial charge in [-0.3, -0.25) is 9.20 Å². The van der Waals surface area contributed by atoms with Crippen LogP contribution in [0.15, 0.2) is 46.8 Å². The Labute approximate surface area is 193 Å². The standard InChI is InChI=1S/C21H16FIN6OS/c1-10-8-31-15-7-14(16(21(30)28(10)15)12-4-3-5-13(22)6-12)11(2)29-20-17(18(23)27-29)19(24)25-9-26-20/h3-9,11H,1-2H3,(H2,24,25,26). The smallest absolute Gasteiger partial charge is 0.264 e. The first-order chi connectivity index (χ1) is 14.9. The van der Waals surface area contributed by atoms with Crippen molar-refractivity contribution in [1.29, 1.82) is 0 Å². The Hall–Kier alpha value is -2.86. The van der Waals surface area contributed by atoms with E-state index in [1.165, 1.54) is 29.8 Å². The molecule has 31 heavy (non-hydrogen) atoms.